The maximum absolute atomic E-state index is 12.1. The van der Waals surface area contributed by atoms with Crippen LogP contribution >= 0.6 is 11.6 Å². The summed E-state index contributed by atoms with van der Waals surface area (Å²) in [5, 5.41) is 2.73. The van der Waals surface area contributed by atoms with Gasteiger partial charge in [-0.05, 0) is 50.9 Å². The first-order valence-electron chi connectivity index (χ1n) is 8.26. The number of esters is 1. The number of hydrogen-bond donors (Lipinski definition) is 2. The third kappa shape index (κ3) is 6.93. The summed E-state index contributed by atoms with van der Waals surface area (Å²) in [4.78, 5) is 23.7. The van der Waals surface area contributed by atoms with Crippen LogP contribution in [0.25, 0.3) is 0 Å². The fourth-order valence-corrected chi connectivity index (χ4v) is 3.38. The quantitative estimate of drug-likeness (QED) is 0.615. The van der Waals surface area contributed by atoms with Gasteiger partial charge in [-0.2, -0.15) is 0 Å². The molecule has 146 valence electrons. The lowest BCUT2D eigenvalue weighted by molar-refractivity contribution is -0.124. The molecule has 1 aromatic carbocycles. The maximum atomic E-state index is 12.1. The minimum atomic E-state index is -3.81. The molecular formula is C17H25ClN2O5S. The molecule has 2 N–H and O–H groups in total. The Morgan fingerprint density at radius 3 is 2.42 bits per heavy atom. The Bertz CT molecular complexity index is 750. The summed E-state index contributed by atoms with van der Waals surface area (Å²) in [5.41, 5.74) is -0.0103. The van der Waals surface area contributed by atoms with E-state index in [0.29, 0.717) is 5.92 Å². The van der Waals surface area contributed by atoms with Gasteiger partial charge in [-0.3, -0.25) is 4.79 Å². The van der Waals surface area contributed by atoms with E-state index in [4.69, 9.17) is 16.3 Å². The topological polar surface area (TPSA) is 102 Å². The highest BCUT2D eigenvalue weighted by Crippen LogP contribution is 2.22. The third-order valence-electron chi connectivity index (χ3n) is 3.64. The van der Waals surface area contributed by atoms with Crippen LogP contribution in [0.1, 0.15) is 44.0 Å². The predicted octanol–water partition coefficient (Wildman–Crippen LogP) is 2.35. The molecule has 0 aliphatic carbocycles. The van der Waals surface area contributed by atoms with Crippen molar-refractivity contribution in [2.24, 2.45) is 5.92 Å². The van der Waals surface area contributed by atoms with Gasteiger partial charge in [0.1, 0.15) is 4.90 Å². The number of carbonyl (C=O) groups is 2. The maximum Gasteiger partial charge on any atom is 0.338 e. The molecule has 9 heteroatoms. The van der Waals surface area contributed by atoms with Crippen molar-refractivity contribution in [1.82, 2.24) is 10.0 Å². The largest absolute Gasteiger partial charge is 0.452 e. The van der Waals surface area contributed by atoms with Crippen LogP contribution in [0.5, 0.6) is 0 Å². The summed E-state index contributed by atoms with van der Waals surface area (Å²) in [6.45, 7) is 5.65. The number of nitrogens with one attached hydrogen (secondary N) is 2. The summed E-state index contributed by atoms with van der Waals surface area (Å²) in [5.74, 6) is -0.675. The molecule has 0 bridgehead atoms. The first kappa shape index (κ1) is 22.4. The zero-order valence-electron chi connectivity index (χ0n) is 15.3. The Balaban J connectivity index is 2.66. The second kappa shape index (κ2) is 9.89. The van der Waals surface area contributed by atoms with Crippen molar-refractivity contribution in [3.05, 3.63) is 28.8 Å². The number of amides is 1. The van der Waals surface area contributed by atoms with E-state index in [2.05, 4.69) is 23.9 Å². The zero-order valence-corrected chi connectivity index (χ0v) is 16.9. The SMILES string of the molecule is CNS(=O)(=O)c1cc(C(=O)OCC(=O)N[C@H](C)CCC(C)C)ccc1Cl. The molecule has 0 aliphatic rings. The molecule has 1 rings (SSSR count). The second-order valence-corrected chi connectivity index (χ2v) is 8.63. The van der Waals surface area contributed by atoms with E-state index in [1.165, 1.54) is 19.2 Å². The first-order chi connectivity index (χ1) is 12.1. The van der Waals surface area contributed by atoms with E-state index in [0.717, 1.165) is 18.9 Å². The molecule has 0 radical (unpaired) electrons. The summed E-state index contributed by atoms with van der Waals surface area (Å²) in [6, 6.07) is 3.71. The van der Waals surface area contributed by atoms with Gasteiger partial charge >= 0.3 is 5.97 Å². The van der Waals surface area contributed by atoms with Crippen LogP contribution in [0.4, 0.5) is 0 Å². The number of hydrogen-bond acceptors (Lipinski definition) is 5. The van der Waals surface area contributed by atoms with Gasteiger partial charge in [0, 0.05) is 6.04 Å². The molecule has 0 unspecified atom stereocenters. The third-order valence-corrected chi connectivity index (χ3v) is 5.54. The van der Waals surface area contributed by atoms with Gasteiger partial charge in [0.15, 0.2) is 6.61 Å². The van der Waals surface area contributed by atoms with Crippen molar-refractivity contribution < 1.29 is 22.7 Å². The molecule has 1 amide bonds. The fourth-order valence-electron chi connectivity index (χ4n) is 2.13. The number of halogens is 1. The Labute approximate surface area is 159 Å². The average Bonchev–Trinajstić information content (AvgIpc) is 2.58. The Hall–Kier alpha value is -1.64. The van der Waals surface area contributed by atoms with E-state index in [1.807, 2.05) is 6.92 Å². The van der Waals surface area contributed by atoms with Gasteiger partial charge in [-0.25, -0.2) is 17.9 Å². The molecule has 0 saturated carbocycles. The lowest BCUT2D eigenvalue weighted by atomic mass is 10.0. The second-order valence-electron chi connectivity index (χ2n) is 6.37. The number of rotatable bonds is 9. The van der Waals surface area contributed by atoms with Gasteiger partial charge in [0.05, 0.1) is 10.6 Å². The predicted molar refractivity (Wildman–Crippen MR) is 99.7 cm³/mol. The standard InChI is InChI=1S/C17H25ClN2O5S/c1-11(2)5-6-12(3)20-16(21)10-25-17(22)13-7-8-14(18)15(9-13)26(23,24)19-4/h7-9,11-12,19H,5-6,10H2,1-4H3,(H,20,21)/t12-/m1/s1. The monoisotopic (exact) mass is 404 g/mol. The molecular weight excluding hydrogens is 380 g/mol. The van der Waals surface area contributed by atoms with Crippen LogP contribution in [-0.4, -0.2) is 40.0 Å². The summed E-state index contributed by atoms with van der Waals surface area (Å²) < 4.78 is 30.8. The molecule has 0 spiro atoms. The average molecular weight is 405 g/mol. The smallest absolute Gasteiger partial charge is 0.338 e. The molecule has 0 aliphatic heterocycles. The van der Waals surface area contributed by atoms with E-state index < -0.39 is 28.5 Å². The van der Waals surface area contributed by atoms with Gasteiger partial charge < -0.3 is 10.1 Å². The van der Waals surface area contributed by atoms with E-state index in [-0.39, 0.29) is 21.5 Å². The van der Waals surface area contributed by atoms with Crippen molar-refractivity contribution in [3.8, 4) is 0 Å². The number of benzene rings is 1. The minimum Gasteiger partial charge on any atom is -0.452 e. The van der Waals surface area contributed by atoms with Gasteiger partial charge in [-0.1, -0.05) is 25.4 Å². The minimum absolute atomic E-state index is 0.0103. The normalized spacial score (nSPS) is 12.7. The molecule has 0 aromatic heterocycles. The van der Waals surface area contributed by atoms with Crippen LogP contribution < -0.4 is 10.0 Å². The molecule has 7 nitrogen and oxygen atoms in total. The highest BCUT2D eigenvalue weighted by atomic mass is 35.5. The molecule has 1 atom stereocenters. The molecule has 26 heavy (non-hydrogen) atoms. The summed E-state index contributed by atoms with van der Waals surface area (Å²) in [6.07, 6.45) is 1.81. The van der Waals surface area contributed by atoms with E-state index in [1.54, 1.807) is 0 Å². The number of sulfonamides is 1. The lowest BCUT2D eigenvalue weighted by Crippen LogP contribution is -2.36. The lowest BCUT2D eigenvalue weighted by Gasteiger charge is -2.15. The van der Waals surface area contributed by atoms with Crippen molar-refractivity contribution >= 4 is 33.5 Å². The van der Waals surface area contributed by atoms with E-state index in [9.17, 15) is 18.0 Å². The van der Waals surface area contributed by atoms with Crippen molar-refractivity contribution in [3.63, 3.8) is 0 Å². The summed E-state index contributed by atoms with van der Waals surface area (Å²) >= 11 is 5.87. The van der Waals surface area contributed by atoms with E-state index >= 15 is 0 Å². The summed E-state index contributed by atoms with van der Waals surface area (Å²) in [7, 11) is -2.58. The highest BCUT2D eigenvalue weighted by molar-refractivity contribution is 7.89. The molecule has 1 aromatic rings. The first-order valence-corrected chi connectivity index (χ1v) is 10.1. The number of ether oxygens (including phenoxy) is 1. The van der Waals surface area contributed by atoms with Crippen LogP contribution in [0.15, 0.2) is 23.1 Å². The highest BCUT2D eigenvalue weighted by Gasteiger charge is 2.20. The van der Waals surface area contributed by atoms with Crippen LogP contribution in [-0.2, 0) is 19.6 Å². The zero-order chi connectivity index (χ0) is 19.9. The van der Waals surface area contributed by atoms with Gasteiger partial charge in [0.25, 0.3) is 5.91 Å². The molecule has 0 fully saturated rings. The van der Waals surface area contributed by atoms with Crippen molar-refractivity contribution in [2.75, 3.05) is 13.7 Å². The Morgan fingerprint density at radius 1 is 1.19 bits per heavy atom. The molecule has 0 heterocycles. The van der Waals surface area contributed by atoms with Gasteiger partial charge in [0.2, 0.25) is 10.0 Å². The van der Waals surface area contributed by atoms with Crippen molar-refractivity contribution in [1.29, 1.82) is 0 Å². The van der Waals surface area contributed by atoms with Crippen LogP contribution in [0.2, 0.25) is 5.02 Å². The van der Waals surface area contributed by atoms with Crippen molar-refractivity contribution in [2.45, 2.75) is 44.6 Å². The molecule has 0 saturated heterocycles. The van der Waals surface area contributed by atoms with Crippen LogP contribution in [0.3, 0.4) is 0 Å². The fraction of sp³-hybridized carbons (Fsp3) is 0.529. The van der Waals surface area contributed by atoms with Crippen LogP contribution in [0, 0.1) is 5.92 Å². The van der Waals surface area contributed by atoms with Gasteiger partial charge in [-0.15, -0.1) is 0 Å². The Kier molecular flexibility index (Phi) is 8.52. The Morgan fingerprint density at radius 2 is 1.85 bits per heavy atom. The number of carbonyl (C=O) groups excluding carboxylic acids is 2.